The summed E-state index contributed by atoms with van der Waals surface area (Å²) in [5, 5.41) is 8.52. The third-order valence-electron chi connectivity index (χ3n) is 3.56. The van der Waals surface area contributed by atoms with Crippen LogP contribution in [0.4, 0.5) is 32.0 Å². The van der Waals surface area contributed by atoms with E-state index in [1.807, 2.05) is 0 Å². The summed E-state index contributed by atoms with van der Waals surface area (Å²) in [5.41, 5.74) is -3.13. The maximum atomic E-state index is 13.1. The number of carboxylic acids is 1. The predicted octanol–water partition coefficient (Wildman–Crippen LogP) is 3.40. The molecule has 1 aliphatic heterocycles. The van der Waals surface area contributed by atoms with E-state index in [0.717, 1.165) is 6.07 Å². The first-order valence-corrected chi connectivity index (χ1v) is 6.85. The first-order chi connectivity index (χ1) is 11.0. The van der Waals surface area contributed by atoms with Gasteiger partial charge in [0.25, 0.3) is 0 Å². The van der Waals surface area contributed by atoms with Gasteiger partial charge in [0.15, 0.2) is 0 Å². The van der Waals surface area contributed by atoms with Crippen molar-refractivity contribution in [3.8, 4) is 0 Å². The zero-order chi connectivity index (χ0) is 18.1. The van der Waals surface area contributed by atoms with Crippen LogP contribution in [0.2, 0.25) is 0 Å². The fraction of sp³-hybridized carbons (Fsp3) is 0.500. The summed E-state index contributed by atoms with van der Waals surface area (Å²) < 4.78 is 82.3. The number of rotatable bonds is 4. The van der Waals surface area contributed by atoms with Crippen molar-refractivity contribution in [1.82, 2.24) is 0 Å². The number of halogens is 6. The zero-order valence-electron chi connectivity index (χ0n) is 12.1. The van der Waals surface area contributed by atoms with Crippen LogP contribution in [0.1, 0.15) is 17.5 Å². The number of carbonyl (C=O) groups is 1. The van der Waals surface area contributed by atoms with Crippen molar-refractivity contribution in [2.45, 2.75) is 24.9 Å². The SMILES string of the molecule is O=C(O)COC1CCN(c2ccc(C(F)(F)F)cc2C(F)(F)F)C1. The van der Waals surface area contributed by atoms with Crippen LogP contribution in [0.5, 0.6) is 0 Å². The molecular formula is C14H13F6NO3. The van der Waals surface area contributed by atoms with Gasteiger partial charge in [-0.05, 0) is 24.6 Å². The van der Waals surface area contributed by atoms with Gasteiger partial charge in [-0.2, -0.15) is 26.3 Å². The topological polar surface area (TPSA) is 49.8 Å². The number of ether oxygens (including phenoxy) is 1. The molecule has 1 heterocycles. The minimum absolute atomic E-state index is 0.0261. The van der Waals surface area contributed by atoms with E-state index in [0.29, 0.717) is 6.07 Å². The van der Waals surface area contributed by atoms with Gasteiger partial charge in [0.1, 0.15) is 6.61 Å². The second-order valence-corrected chi connectivity index (χ2v) is 5.29. The van der Waals surface area contributed by atoms with E-state index in [9.17, 15) is 31.1 Å². The van der Waals surface area contributed by atoms with Gasteiger partial charge in [-0.1, -0.05) is 0 Å². The summed E-state index contributed by atoms with van der Waals surface area (Å²) in [4.78, 5) is 11.7. The Morgan fingerprint density at radius 3 is 2.42 bits per heavy atom. The summed E-state index contributed by atoms with van der Waals surface area (Å²) >= 11 is 0. The van der Waals surface area contributed by atoms with Crippen molar-refractivity contribution in [1.29, 1.82) is 0 Å². The Balaban J connectivity index is 2.26. The molecule has 0 radical (unpaired) electrons. The molecule has 1 fully saturated rings. The number of alkyl halides is 6. The van der Waals surface area contributed by atoms with E-state index < -0.39 is 42.2 Å². The number of anilines is 1. The van der Waals surface area contributed by atoms with Gasteiger partial charge < -0.3 is 14.7 Å². The monoisotopic (exact) mass is 357 g/mol. The molecule has 0 amide bonds. The molecule has 1 saturated heterocycles. The maximum absolute atomic E-state index is 13.1. The van der Waals surface area contributed by atoms with E-state index in [4.69, 9.17) is 9.84 Å². The van der Waals surface area contributed by atoms with Crippen molar-refractivity contribution in [2.75, 3.05) is 24.6 Å². The van der Waals surface area contributed by atoms with Gasteiger partial charge in [-0.15, -0.1) is 0 Å². The molecule has 2 rings (SSSR count). The third kappa shape index (κ3) is 4.31. The number of benzene rings is 1. The fourth-order valence-corrected chi connectivity index (χ4v) is 2.49. The molecule has 1 unspecified atom stereocenters. The highest BCUT2D eigenvalue weighted by Crippen LogP contribution is 2.41. The van der Waals surface area contributed by atoms with Gasteiger partial charge in [-0.25, -0.2) is 4.79 Å². The molecule has 4 nitrogen and oxygen atoms in total. The van der Waals surface area contributed by atoms with Crippen LogP contribution in [0.3, 0.4) is 0 Å². The number of aliphatic carboxylic acids is 1. The lowest BCUT2D eigenvalue weighted by Gasteiger charge is -2.24. The lowest BCUT2D eigenvalue weighted by atomic mass is 10.1. The molecule has 1 aliphatic rings. The van der Waals surface area contributed by atoms with Crippen LogP contribution in [0.25, 0.3) is 0 Å². The molecule has 10 heteroatoms. The smallest absolute Gasteiger partial charge is 0.418 e. The molecule has 0 aromatic heterocycles. The number of hydrogen-bond donors (Lipinski definition) is 1. The van der Waals surface area contributed by atoms with E-state index in [1.54, 1.807) is 0 Å². The molecule has 0 bridgehead atoms. The second-order valence-electron chi connectivity index (χ2n) is 5.29. The summed E-state index contributed by atoms with van der Waals surface area (Å²) in [7, 11) is 0. The Hall–Kier alpha value is -1.97. The standard InChI is InChI=1S/C14H13F6NO3/c15-13(16,17)8-1-2-11(10(5-8)14(18,19)20)21-4-3-9(6-21)24-7-12(22)23/h1-2,5,9H,3-4,6-7H2,(H,22,23). The van der Waals surface area contributed by atoms with E-state index >= 15 is 0 Å². The van der Waals surface area contributed by atoms with Gasteiger partial charge in [0, 0.05) is 18.8 Å². The van der Waals surface area contributed by atoms with Gasteiger partial charge in [0.05, 0.1) is 17.2 Å². The highest BCUT2D eigenvalue weighted by atomic mass is 19.4. The molecule has 1 aromatic rings. The fourth-order valence-electron chi connectivity index (χ4n) is 2.49. The molecule has 0 saturated carbocycles. The van der Waals surface area contributed by atoms with Crippen LogP contribution in [-0.2, 0) is 21.9 Å². The molecule has 24 heavy (non-hydrogen) atoms. The molecule has 1 N–H and O–H groups in total. The lowest BCUT2D eigenvalue weighted by Crippen LogP contribution is -2.27. The number of hydrogen-bond acceptors (Lipinski definition) is 3. The van der Waals surface area contributed by atoms with Gasteiger partial charge >= 0.3 is 18.3 Å². The van der Waals surface area contributed by atoms with Crippen molar-refractivity contribution >= 4 is 11.7 Å². The molecule has 0 aliphatic carbocycles. The first kappa shape index (κ1) is 18.4. The van der Waals surface area contributed by atoms with Crippen LogP contribution < -0.4 is 4.90 Å². The van der Waals surface area contributed by atoms with Crippen molar-refractivity contribution in [3.05, 3.63) is 29.3 Å². The molecular weight excluding hydrogens is 344 g/mol. The Morgan fingerprint density at radius 2 is 1.88 bits per heavy atom. The predicted molar refractivity (Wildman–Crippen MR) is 70.7 cm³/mol. The first-order valence-electron chi connectivity index (χ1n) is 6.85. The summed E-state index contributed by atoms with van der Waals surface area (Å²) in [6, 6.07) is 1.46. The normalized spacial score (nSPS) is 18.9. The summed E-state index contributed by atoms with van der Waals surface area (Å²) in [6.07, 6.45) is -10.1. The van der Waals surface area contributed by atoms with Crippen LogP contribution in [0.15, 0.2) is 18.2 Å². The van der Waals surface area contributed by atoms with Crippen LogP contribution >= 0.6 is 0 Å². The Bertz CT molecular complexity index is 614. The Kier molecular flexibility index (Phi) is 4.97. The third-order valence-corrected chi connectivity index (χ3v) is 3.56. The molecule has 1 aromatic carbocycles. The molecule has 134 valence electrons. The lowest BCUT2D eigenvalue weighted by molar-refractivity contribution is -0.144. The quantitative estimate of drug-likeness (QED) is 0.840. The largest absolute Gasteiger partial charge is 0.480 e. The molecule has 1 atom stereocenters. The zero-order valence-corrected chi connectivity index (χ0v) is 12.1. The van der Waals surface area contributed by atoms with Crippen molar-refractivity contribution < 1.29 is 41.0 Å². The Labute approximate surface area is 132 Å². The highest BCUT2D eigenvalue weighted by Gasteiger charge is 2.40. The summed E-state index contributed by atoms with van der Waals surface area (Å²) in [5.74, 6) is -1.21. The number of carboxylic acid groups (broad SMARTS) is 1. The second kappa shape index (κ2) is 6.50. The van der Waals surface area contributed by atoms with E-state index in [-0.39, 0.29) is 31.3 Å². The minimum Gasteiger partial charge on any atom is -0.480 e. The van der Waals surface area contributed by atoms with Crippen LogP contribution in [0, 0.1) is 0 Å². The van der Waals surface area contributed by atoms with Gasteiger partial charge in [0.2, 0.25) is 0 Å². The average molecular weight is 357 g/mol. The summed E-state index contributed by atoms with van der Waals surface area (Å²) in [6.45, 7) is -0.488. The van der Waals surface area contributed by atoms with Crippen LogP contribution in [-0.4, -0.2) is 36.9 Å². The number of nitrogens with zero attached hydrogens (tertiary/aromatic N) is 1. The van der Waals surface area contributed by atoms with Crippen molar-refractivity contribution in [3.63, 3.8) is 0 Å². The highest BCUT2D eigenvalue weighted by molar-refractivity contribution is 5.68. The van der Waals surface area contributed by atoms with E-state index in [1.165, 1.54) is 4.90 Å². The minimum atomic E-state index is -4.95. The maximum Gasteiger partial charge on any atom is 0.418 e. The van der Waals surface area contributed by atoms with E-state index in [2.05, 4.69) is 0 Å². The van der Waals surface area contributed by atoms with Crippen molar-refractivity contribution in [2.24, 2.45) is 0 Å². The Morgan fingerprint density at radius 1 is 1.21 bits per heavy atom. The molecule has 0 spiro atoms. The average Bonchev–Trinajstić information content (AvgIpc) is 2.91. The van der Waals surface area contributed by atoms with Gasteiger partial charge in [-0.3, -0.25) is 0 Å².